The molecule has 0 bridgehead atoms. The van der Waals surface area contributed by atoms with Crippen molar-refractivity contribution in [3.8, 4) is 5.75 Å². The van der Waals surface area contributed by atoms with E-state index in [1.165, 1.54) is 35.6 Å². The number of halogens is 1. The molecule has 0 saturated heterocycles. The number of anilines is 2. The zero-order chi connectivity index (χ0) is 34.6. The molecule has 0 aromatic heterocycles. The number of ether oxygens (including phenoxy) is 2. The van der Waals surface area contributed by atoms with Gasteiger partial charge < -0.3 is 40.3 Å². The lowest BCUT2D eigenvalue weighted by Crippen LogP contribution is -2.48. The summed E-state index contributed by atoms with van der Waals surface area (Å²) in [7, 11) is 1.66. The maximum atomic E-state index is 14.3. The molecule has 2 aromatic rings. The number of benzene rings is 2. The number of likely N-dealkylation sites (N-methyl/N-ethyl adjacent to an activating group) is 1. The number of urea groups is 2. The highest BCUT2D eigenvalue weighted by Crippen LogP contribution is 2.29. The molecular formula is C36H52FN5O6. The van der Waals surface area contributed by atoms with Crippen LogP contribution in [0.4, 0.5) is 25.4 Å². The summed E-state index contributed by atoms with van der Waals surface area (Å²) in [5, 5.41) is 18.9. The molecule has 12 heteroatoms. The molecule has 5 amide bonds. The Kier molecular flexibility index (Phi) is 13.9. The highest BCUT2D eigenvalue weighted by Gasteiger charge is 2.31. The molecule has 1 saturated carbocycles. The van der Waals surface area contributed by atoms with Gasteiger partial charge in [-0.05, 0) is 88.4 Å². The first-order chi connectivity index (χ1) is 23.0. The van der Waals surface area contributed by atoms with Crippen LogP contribution in [-0.4, -0.2) is 90.5 Å². The smallest absolute Gasteiger partial charge is 0.321 e. The van der Waals surface area contributed by atoms with Crippen LogP contribution in [0, 0.1) is 11.7 Å². The maximum Gasteiger partial charge on any atom is 0.321 e. The van der Waals surface area contributed by atoms with Gasteiger partial charge in [-0.15, -0.1) is 0 Å². The molecule has 11 nitrogen and oxygen atoms in total. The van der Waals surface area contributed by atoms with Crippen molar-refractivity contribution < 1.29 is 33.4 Å². The van der Waals surface area contributed by atoms with Gasteiger partial charge in [-0.25, -0.2) is 14.0 Å². The number of nitrogens with one attached hydrogen (secondary N) is 3. The summed E-state index contributed by atoms with van der Waals surface area (Å²) >= 11 is 0. The number of carbonyl (C=O) groups excluding carboxylic acids is 3. The Bertz CT molecular complexity index is 1350. The fraction of sp³-hybridized carbons (Fsp3) is 0.583. The topological polar surface area (TPSA) is 132 Å². The molecule has 4 atom stereocenters. The summed E-state index contributed by atoms with van der Waals surface area (Å²) in [4.78, 5) is 43.3. The maximum absolute atomic E-state index is 14.3. The summed E-state index contributed by atoms with van der Waals surface area (Å²) in [6.07, 6.45) is 7.01. The number of amides is 5. The molecule has 1 aliphatic carbocycles. The largest absolute Gasteiger partial charge is 0.490 e. The Labute approximate surface area is 283 Å². The fourth-order valence-corrected chi connectivity index (χ4v) is 6.17. The van der Waals surface area contributed by atoms with Gasteiger partial charge in [0, 0.05) is 50.1 Å². The molecule has 4 rings (SSSR count). The quantitative estimate of drug-likeness (QED) is 0.276. The monoisotopic (exact) mass is 669 g/mol. The van der Waals surface area contributed by atoms with Crippen LogP contribution in [0.15, 0.2) is 42.5 Å². The Morgan fingerprint density at radius 3 is 2.40 bits per heavy atom. The van der Waals surface area contributed by atoms with Crippen LogP contribution in [0.2, 0.25) is 0 Å². The number of aliphatic hydroxyl groups is 1. The van der Waals surface area contributed by atoms with Gasteiger partial charge in [-0.3, -0.25) is 4.79 Å². The van der Waals surface area contributed by atoms with Crippen LogP contribution in [0.3, 0.4) is 0 Å². The fourth-order valence-electron chi connectivity index (χ4n) is 6.17. The highest BCUT2D eigenvalue weighted by molar-refractivity contribution is 5.99. The summed E-state index contributed by atoms with van der Waals surface area (Å²) < 4.78 is 26.0. The van der Waals surface area contributed by atoms with E-state index in [9.17, 15) is 23.9 Å². The first-order valence-electron chi connectivity index (χ1n) is 17.2. The van der Waals surface area contributed by atoms with E-state index in [2.05, 4.69) is 16.0 Å². The molecule has 1 heterocycles. The zero-order valence-electron chi connectivity index (χ0n) is 28.7. The Balaban J connectivity index is 1.55. The third kappa shape index (κ3) is 10.8. The van der Waals surface area contributed by atoms with Gasteiger partial charge in [0.25, 0.3) is 5.91 Å². The summed E-state index contributed by atoms with van der Waals surface area (Å²) in [5.41, 5.74) is 1.22. The molecule has 0 radical (unpaired) electrons. The summed E-state index contributed by atoms with van der Waals surface area (Å²) in [6, 6.07) is 9.55. The molecule has 2 aromatic carbocycles. The first-order valence-corrected chi connectivity index (χ1v) is 17.2. The van der Waals surface area contributed by atoms with Crippen molar-refractivity contribution in [2.45, 2.75) is 96.4 Å². The van der Waals surface area contributed by atoms with Crippen LogP contribution >= 0.6 is 0 Å². The van der Waals surface area contributed by atoms with Gasteiger partial charge >= 0.3 is 12.1 Å². The number of hydrogen-bond donors (Lipinski definition) is 4. The number of rotatable bonds is 7. The van der Waals surface area contributed by atoms with E-state index in [1.54, 1.807) is 37.1 Å². The third-order valence-corrected chi connectivity index (χ3v) is 9.15. The van der Waals surface area contributed by atoms with Crippen LogP contribution < -0.4 is 20.7 Å². The molecule has 264 valence electrons. The van der Waals surface area contributed by atoms with Crippen molar-refractivity contribution in [2.75, 3.05) is 44.0 Å². The lowest BCUT2D eigenvalue weighted by Gasteiger charge is -2.35. The normalized spacial score (nSPS) is 22.0. The Hall–Kier alpha value is -3.90. The second kappa shape index (κ2) is 18.0. The number of fused-ring (bicyclic) bond motifs is 1. The SMILES string of the molecule is C[C@@H]1CCCCO[C@@H](CN(C)C(=O)Nc2ccc(F)cc2)[C@H](C)CN([C@H](C)CO)C(=O)c2cc(NC(=O)NC3CCCCC3)ccc2O1. The van der Waals surface area contributed by atoms with E-state index < -0.39 is 18.0 Å². The lowest BCUT2D eigenvalue weighted by molar-refractivity contribution is -0.0115. The van der Waals surface area contributed by atoms with Crippen molar-refractivity contribution in [3.63, 3.8) is 0 Å². The van der Waals surface area contributed by atoms with Gasteiger partial charge in [0.05, 0.1) is 30.4 Å². The van der Waals surface area contributed by atoms with Crippen molar-refractivity contribution >= 4 is 29.3 Å². The molecule has 4 N–H and O–H groups in total. The van der Waals surface area contributed by atoms with Crippen molar-refractivity contribution in [3.05, 3.63) is 53.8 Å². The van der Waals surface area contributed by atoms with Crippen molar-refractivity contribution in [1.82, 2.24) is 15.1 Å². The molecule has 2 aliphatic rings. The van der Waals surface area contributed by atoms with Crippen LogP contribution in [0.25, 0.3) is 0 Å². The van der Waals surface area contributed by atoms with Crippen molar-refractivity contribution in [2.24, 2.45) is 5.92 Å². The van der Waals surface area contributed by atoms with E-state index in [1.807, 2.05) is 13.8 Å². The van der Waals surface area contributed by atoms with Gasteiger partial charge in [0.1, 0.15) is 11.6 Å². The average molecular weight is 670 g/mol. The van der Waals surface area contributed by atoms with E-state index in [-0.39, 0.29) is 61.3 Å². The van der Waals surface area contributed by atoms with Crippen LogP contribution in [0.5, 0.6) is 5.75 Å². The first kappa shape index (κ1) is 36.9. The highest BCUT2D eigenvalue weighted by atomic mass is 19.1. The second-order valence-electron chi connectivity index (χ2n) is 13.3. The number of nitrogens with zero attached hydrogens (tertiary/aromatic N) is 2. The standard InChI is InChI=1S/C36H52FN5O6/c1-24-21-42(25(2)23-43)34(44)31-20-30(39-35(45)38-28-11-6-5-7-12-28)17-18-32(31)48-26(3)10-8-9-19-47-33(24)22-41(4)36(46)40-29-15-13-27(37)14-16-29/h13-18,20,24-26,28,33,43H,5-12,19,21-23H2,1-4H3,(H,40,46)(H2,38,39,45)/t24-,25-,26-,33+/m1/s1. The second-order valence-corrected chi connectivity index (χ2v) is 13.3. The minimum absolute atomic E-state index is 0.132. The average Bonchev–Trinajstić information content (AvgIpc) is 3.07. The molecular weight excluding hydrogens is 617 g/mol. The minimum atomic E-state index is -0.538. The van der Waals surface area contributed by atoms with Gasteiger partial charge in [0.2, 0.25) is 0 Å². The predicted molar refractivity (Wildman–Crippen MR) is 184 cm³/mol. The van der Waals surface area contributed by atoms with Gasteiger partial charge in [0.15, 0.2) is 0 Å². The third-order valence-electron chi connectivity index (χ3n) is 9.15. The molecule has 1 fully saturated rings. The Morgan fingerprint density at radius 2 is 1.69 bits per heavy atom. The number of aliphatic hydroxyl groups excluding tert-OH is 1. The summed E-state index contributed by atoms with van der Waals surface area (Å²) in [6.45, 7) is 6.36. The lowest BCUT2D eigenvalue weighted by atomic mass is 9.96. The van der Waals surface area contributed by atoms with Gasteiger partial charge in [-0.1, -0.05) is 26.2 Å². The zero-order valence-corrected chi connectivity index (χ0v) is 28.7. The van der Waals surface area contributed by atoms with E-state index in [0.717, 1.165) is 44.9 Å². The number of hydrogen-bond acceptors (Lipinski definition) is 6. The molecule has 48 heavy (non-hydrogen) atoms. The molecule has 0 spiro atoms. The van der Waals surface area contributed by atoms with Crippen molar-refractivity contribution in [1.29, 1.82) is 0 Å². The predicted octanol–water partition coefficient (Wildman–Crippen LogP) is 6.24. The summed E-state index contributed by atoms with van der Waals surface area (Å²) in [5.74, 6) is -0.565. The van der Waals surface area contributed by atoms with Gasteiger partial charge in [-0.2, -0.15) is 0 Å². The number of carbonyl (C=O) groups is 3. The van der Waals surface area contributed by atoms with Crippen LogP contribution in [0.1, 0.15) is 82.5 Å². The van der Waals surface area contributed by atoms with E-state index in [4.69, 9.17) is 9.47 Å². The Morgan fingerprint density at radius 1 is 1.00 bits per heavy atom. The van der Waals surface area contributed by atoms with E-state index >= 15 is 0 Å². The van der Waals surface area contributed by atoms with E-state index in [0.29, 0.717) is 23.7 Å². The molecule has 0 unspecified atom stereocenters. The van der Waals surface area contributed by atoms with Crippen LogP contribution in [-0.2, 0) is 4.74 Å². The minimum Gasteiger partial charge on any atom is -0.490 e. The molecule has 1 aliphatic heterocycles.